The van der Waals surface area contributed by atoms with Gasteiger partial charge in [0, 0.05) is 11.5 Å². The van der Waals surface area contributed by atoms with Gasteiger partial charge in [0.25, 0.3) is 0 Å². The molecule has 1 saturated carbocycles. The maximum absolute atomic E-state index is 5.68. The van der Waals surface area contributed by atoms with Crippen molar-refractivity contribution in [3.05, 3.63) is 29.3 Å². The number of piperidine rings is 1. The zero-order valence-electron chi connectivity index (χ0n) is 12.5. The molecule has 2 heteroatoms. The third kappa shape index (κ3) is 1.99. The van der Waals surface area contributed by atoms with Crippen molar-refractivity contribution in [2.45, 2.75) is 50.0 Å². The van der Waals surface area contributed by atoms with E-state index in [0.29, 0.717) is 18.1 Å². The molecule has 2 aliphatic carbocycles. The summed E-state index contributed by atoms with van der Waals surface area (Å²) in [5.41, 5.74) is 3.50. The fraction of sp³-hybridized carbons (Fsp3) is 0.579. The van der Waals surface area contributed by atoms with Crippen molar-refractivity contribution in [3.63, 3.8) is 0 Å². The van der Waals surface area contributed by atoms with E-state index in [4.69, 9.17) is 11.2 Å². The van der Waals surface area contributed by atoms with E-state index in [1.54, 1.807) is 5.56 Å². The van der Waals surface area contributed by atoms with E-state index in [2.05, 4.69) is 29.4 Å². The lowest BCUT2D eigenvalue weighted by molar-refractivity contribution is 0.0795. The second kappa shape index (κ2) is 5.07. The molecule has 1 aliphatic heterocycles. The maximum atomic E-state index is 5.68. The monoisotopic (exact) mass is 281 g/mol. The summed E-state index contributed by atoms with van der Waals surface area (Å²) in [4.78, 5) is 0. The van der Waals surface area contributed by atoms with Crippen molar-refractivity contribution in [1.82, 2.24) is 5.32 Å². The molecule has 2 nitrogen and oxygen atoms in total. The lowest BCUT2D eigenvalue weighted by Crippen LogP contribution is -2.59. The third-order valence-corrected chi connectivity index (χ3v) is 5.94. The van der Waals surface area contributed by atoms with Gasteiger partial charge in [-0.25, -0.2) is 0 Å². The Balaban J connectivity index is 1.78. The highest BCUT2D eigenvalue weighted by Gasteiger charge is 2.51. The van der Waals surface area contributed by atoms with Gasteiger partial charge in [0.15, 0.2) is 0 Å². The van der Waals surface area contributed by atoms with Crippen LogP contribution in [0, 0.1) is 18.3 Å². The van der Waals surface area contributed by atoms with E-state index < -0.39 is 0 Å². The molecule has 0 radical (unpaired) electrons. The Labute approximate surface area is 127 Å². The van der Waals surface area contributed by atoms with E-state index in [-0.39, 0.29) is 0 Å². The molecule has 0 aromatic heterocycles. The van der Waals surface area contributed by atoms with Crippen LogP contribution in [0.2, 0.25) is 0 Å². The molecule has 1 aromatic carbocycles. The standard InChI is InChI=1S/C19H23NO/c1-2-11-21-15-7-6-14-12-18-16-5-3-4-8-19(16,9-10-20-18)17(14)13-15/h1,6-7,13,16,18,20H,3-5,8-12H2. The third-order valence-electron chi connectivity index (χ3n) is 5.94. The van der Waals surface area contributed by atoms with E-state index in [1.165, 1.54) is 44.1 Å². The minimum atomic E-state index is 0.361. The van der Waals surface area contributed by atoms with Gasteiger partial charge in [-0.2, -0.15) is 0 Å². The van der Waals surface area contributed by atoms with Crippen molar-refractivity contribution in [3.8, 4) is 18.1 Å². The van der Waals surface area contributed by atoms with Gasteiger partial charge in [0.1, 0.15) is 12.4 Å². The van der Waals surface area contributed by atoms with E-state index >= 15 is 0 Å². The summed E-state index contributed by atoms with van der Waals surface area (Å²) in [6, 6.07) is 7.34. The largest absolute Gasteiger partial charge is 0.481 e. The number of rotatable bonds is 2. The van der Waals surface area contributed by atoms with E-state index in [1.807, 2.05) is 0 Å². The number of nitrogens with one attached hydrogen (secondary N) is 1. The van der Waals surface area contributed by atoms with Crippen LogP contribution < -0.4 is 10.1 Å². The van der Waals surface area contributed by atoms with Crippen LogP contribution in [0.25, 0.3) is 0 Å². The van der Waals surface area contributed by atoms with E-state index in [0.717, 1.165) is 18.2 Å². The van der Waals surface area contributed by atoms with Crippen LogP contribution >= 0.6 is 0 Å². The molecule has 3 unspecified atom stereocenters. The number of hydrogen-bond acceptors (Lipinski definition) is 2. The predicted molar refractivity (Wildman–Crippen MR) is 84.5 cm³/mol. The van der Waals surface area contributed by atoms with Crippen LogP contribution in [0.5, 0.6) is 5.75 Å². The van der Waals surface area contributed by atoms with Gasteiger partial charge in [-0.1, -0.05) is 24.8 Å². The van der Waals surface area contributed by atoms with Crippen LogP contribution in [-0.2, 0) is 11.8 Å². The highest BCUT2D eigenvalue weighted by molar-refractivity contribution is 5.45. The van der Waals surface area contributed by atoms with Gasteiger partial charge in [0.05, 0.1) is 0 Å². The fourth-order valence-corrected chi connectivity index (χ4v) is 5.12. The Morgan fingerprint density at radius 3 is 3.19 bits per heavy atom. The average molecular weight is 281 g/mol. The van der Waals surface area contributed by atoms with Gasteiger partial charge < -0.3 is 10.1 Å². The first kappa shape index (κ1) is 13.2. The number of fused-ring (bicyclic) bond motifs is 1. The SMILES string of the molecule is C#CCOc1ccc2c(c1)C13CCCCC1C(C2)NCC3. The Bertz CT molecular complexity index is 584. The molecule has 2 bridgehead atoms. The fourth-order valence-electron chi connectivity index (χ4n) is 5.12. The van der Waals surface area contributed by atoms with Gasteiger partial charge in [-0.3, -0.25) is 0 Å². The van der Waals surface area contributed by atoms with Crippen LogP contribution in [0.3, 0.4) is 0 Å². The quantitative estimate of drug-likeness (QED) is 0.841. The normalized spacial score (nSPS) is 33.5. The Morgan fingerprint density at radius 1 is 1.33 bits per heavy atom. The molecular formula is C19H23NO. The molecule has 0 spiro atoms. The predicted octanol–water partition coefficient (Wildman–Crippen LogP) is 3.04. The first-order valence-corrected chi connectivity index (χ1v) is 8.26. The van der Waals surface area contributed by atoms with Crippen molar-refractivity contribution in [1.29, 1.82) is 0 Å². The lowest BCUT2D eigenvalue weighted by Gasteiger charge is -2.56. The van der Waals surface area contributed by atoms with Crippen LogP contribution in [0.1, 0.15) is 43.2 Å². The van der Waals surface area contributed by atoms with E-state index in [9.17, 15) is 0 Å². The van der Waals surface area contributed by atoms with Gasteiger partial charge in [-0.15, -0.1) is 6.42 Å². The van der Waals surface area contributed by atoms with Crippen LogP contribution in [-0.4, -0.2) is 19.2 Å². The van der Waals surface area contributed by atoms with Crippen molar-refractivity contribution in [2.24, 2.45) is 5.92 Å². The second-order valence-corrected chi connectivity index (χ2v) is 6.83. The highest BCUT2D eigenvalue weighted by Crippen LogP contribution is 2.54. The lowest BCUT2D eigenvalue weighted by atomic mass is 9.53. The number of benzene rings is 1. The molecule has 110 valence electrons. The summed E-state index contributed by atoms with van der Waals surface area (Å²) in [5.74, 6) is 4.32. The summed E-state index contributed by atoms with van der Waals surface area (Å²) < 4.78 is 5.68. The van der Waals surface area contributed by atoms with Crippen molar-refractivity contribution < 1.29 is 4.74 Å². The summed E-state index contributed by atoms with van der Waals surface area (Å²) in [6.45, 7) is 1.52. The topological polar surface area (TPSA) is 21.3 Å². The molecule has 2 fully saturated rings. The van der Waals surface area contributed by atoms with Gasteiger partial charge in [-0.05, 0) is 61.4 Å². The van der Waals surface area contributed by atoms with Crippen molar-refractivity contribution >= 4 is 0 Å². The zero-order chi connectivity index (χ0) is 14.3. The molecule has 4 rings (SSSR count). The summed E-state index contributed by atoms with van der Waals surface area (Å²) in [7, 11) is 0. The summed E-state index contributed by atoms with van der Waals surface area (Å²) in [5, 5.41) is 3.78. The Morgan fingerprint density at radius 2 is 2.29 bits per heavy atom. The molecular weight excluding hydrogens is 258 g/mol. The molecule has 0 amide bonds. The molecule has 21 heavy (non-hydrogen) atoms. The molecule has 3 atom stereocenters. The first-order chi connectivity index (χ1) is 10.3. The smallest absolute Gasteiger partial charge is 0.148 e. The van der Waals surface area contributed by atoms with Gasteiger partial charge in [0.2, 0.25) is 0 Å². The minimum absolute atomic E-state index is 0.361. The zero-order valence-corrected chi connectivity index (χ0v) is 12.5. The van der Waals surface area contributed by atoms with Gasteiger partial charge >= 0.3 is 0 Å². The molecule has 3 aliphatic rings. The average Bonchev–Trinajstić information content (AvgIpc) is 2.53. The minimum Gasteiger partial charge on any atom is -0.481 e. The van der Waals surface area contributed by atoms with Crippen molar-refractivity contribution in [2.75, 3.05) is 13.2 Å². The Kier molecular flexibility index (Phi) is 3.19. The molecule has 1 heterocycles. The molecule has 1 N–H and O–H groups in total. The molecule has 1 aromatic rings. The summed E-state index contributed by atoms with van der Waals surface area (Å²) in [6.07, 6.45) is 13.3. The highest BCUT2D eigenvalue weighted by atomic mass is 16.5. The maximum Gasteiger partial charge on any atom is 0.148 e. The van der Waals surface area contributed by atoms with Crippen LogP contribution in [0.4, 0.5) is 0 Å². The number of terminal acetylenes is 1. The van der Waals surface area contributed by atoms with Crippen LogP contribution in [0.15, 0.2) is 18.2 Å². The Hall–Kier alpha value is -1.46. The number of ether oxygens (including phenoxy) is 1. The first-order valence-electron chi connectivity index (χ1n) is 8.26. The second-order valence-electron chi connectivity index (χ2n) is 6.83. The number of hydrogen-bond donors (Lipinski definition) is 1. The molecule has 1 saturated heterocycles. The summed E-state index contributed by atoms with van der Waals surface area (Å²) >= 11 is 0.